The lowest BCUT2D eigenvalue weighted by atomic mass is 10.1. The first kappa shape index (κ1) is 15.2. The van der Waals surface area contributed by atoms with Crippen LogP contribution in [0.1, 0.15) is 15.9 Å². The normalized spacial score (nSPS) is 10.0. The lowest BCUT2D eigenvalue weighted by Gasteiger charge is -2.13. The van der Waals surface area contributed by atoms with Crippen molar-refractivity contribution >= 4 is 23.2 Å². The molecular formula is C16H16ClNO3. The fourth-order valence-electron chi connectivity index (χ4n) is 2.01. The van der Waals surface area contributed by atoms with Gasteiger partial charge in [-0.2, -0.15) is 0 Å². The van der Waals surface area contributed by atoms with E-state index in [2.05, 4.69) is 5.32 Å². The van der Waals surface area contributed by atoms with Crippen molar-refractivity contribution in [3.63, 3.8) is 0 Å². The SMILES string of the molecule is COc1cccc(C(=O)Nc2ccccc2CCl)c1OC. The number of carbonyl (C=O) groups excluding carboxylic acids is 1. The zero-order valence-electron chi connectivity index (χ0n) is 11.9. The van der Waals surface area contributed by atoms with E-state index < -0.39 is 0 Å². The Bertz CT molecular complexity index is 643. The number of ether oxygens (including phenoxy) is 2. The second kappa shape index (κ2) is 6.99. The molecule has 2 aromatic rings. The number of alkyl halides is 1. The van der Waals surface area contributed by atoms with Gasteiger partial charge >= 0.3 is 0 Å². The summed E-state index contributed by atoms with van der Waals surface area (Å²) in [6.07, 6.45) is 0. The highest BCUT2D eigenvalue weighted by atomic mass is 35.5. The van der Waals surface area contributed by atoms with E-state index in [4.69, 9.17) is 21.1 Å². The molecule has 5 heteroatoms. The lowest BCUT2D eigenvalue weighted by molar-refractivity contribution is 0.102. The van der Waals surface area contributed by atoms with Gasteiger partial charge in [0.2, 0.25) is 0 Å². The molecule has 21 heavy (non-hydrogen) atoms. The van der Waals surface area contributed by atoms with Crippen LogP contribution in [0, 0.1) is 0 Å². The average molecular weight is 306 g/mol. The summed E-state index contributed by atoms with van der Waals surface area (Å²) in [5.41, 5.74) is 1.94. The highest BCUT2D eigenvalue weighted by Gasteiger charge is 2.17. The minimum atomic E-state index is -0.275. The Balaban J connectivity index is 2.33. The van der Waals surface area contributed by atoms with Gasteiger partial charge < -0.3 is 14.8 Å². The maximum Gasteiger partial charge on any atom is 0.259 e. The Labute approximate surface area is 128 Å². The largest absolute Gasteiger partial charge is 0.493 e. The van der Waals surface area contributed by atoms with Crippen LogP contribution in [0.15, 0.2) is 42.5 Å². The molecule has 0 aliphatic carbocycles. The predicted molar refractivity (Wildman–Crippen MR) is 83.5 cm³/mol. The van der Waals surface area contributed by atoms with Crippen LogP contribution in [0.5, 0.6) is 11.5 Å². The molecule has 0 saturated heterocycles. The summed E-state index contributed by atoms with van der Waals surface area (Å²) in [4.78, 5) is 12.4. The molecule has 0 heterocycles. The van der Waals surface area contributed by atoms with E-state index in [1.165, 1.54) is 14.2 Å². The van der Waals surface area contributed by atoms with Gasteiger partial charge in [-0.25, -0.2) is 0 Å². The van der Waals surface area contributed by atoms with Crippen LogP contribution < -0.4 is 14.8 Å². The highest BCUT2D eigenvalue weighted by Crippen LogP contribution is 2.31. The quantitative estimate of drug-likeness (QED) is 0.857. The van der Waals surface area contributed by atoms with Gasteiger partial charge in [0.05, 0.1) is 19.8 Å². The molecule has 0 aliphatic heterocycles. The molecule has 0 atom stereocenters. The number of nitrogens with one attached hydrogen (secondary N) is 1. The number of amides is 1. The standard InChI is InChI=1S/C16H16ClNO3/c1-20-14-9-5-7-12(15(14)21-2)16(19)18-13-8-4-3-6-11(13)10-17/h3-9H,10H2,1-2H3,(H,18,19). The van der Waals surface area contributed by atoms with Crippen molar-refractivity contribution in [2.45, 2.75) is 5.88 Å². The van der Waals surface area contributed by atoms with E-state index in [0.29, 0.717) is 28.6 Å². The number of benzene rings is 2. The number of hydrogen-bond acceptors (Lipinski definition) is 3. The van der Waals surface area contributed by atoms with Crippen molar-refractivity contribution < 1.29 is 14.3 Å². The molecule has 110 valence electrons. The molecule has 0 unspecified atom stereocenters. The van der Waals surface area contributed by atoms with Crippen molar-refractivity contribution in [1.29, 1.82) is 0 Å². The van der Waals surface area contributed by atoms with Gasteiger partial charge in [0.25, 0.3) is 5.91 Å². The van der Waals surface area contributed by atoms with Crippen LogP contribution in [0.25, 0.3) is 0 Å². The van der Waals surface area contributed by atoms with Crippen molar-refractivity contribution in [2.24, 2.45) is 0 Å². The molecule has 2 rings (SSSR count). The summed E-state index contributed by atoms with van der Waals surface area (Å²) in [7, 11) is 3.03. The molecule has 2 aromatic carbocycles. The average Bonchev–Trinajstić information content (AvgIpc) is 2.54. The first-order valence-corrected chi connectivity index (χ1v) is 6.91. The number of para-hydroxylation sites is 2. The van der Waals surface area contributed by atoms with Crippen LogP contribution in [-0.2, 0) is 5.88 Å². The number of halogens is 1. The number of carbonyl (C=O) groups is 1. The van der Waals surface area contributed by atoms with Crippen molar-refractivity contribution in [2.75, 3.05) is 19.5 Å². The molecule has 1 amide bonds. The maximum absolute atomic E-state index is 12.4. The van der Waals surface area contributed by atoms with E-state index in [9.17, 15) is 4.79 Å². The second-order valence-corrected chi connectivity index (χ2v) is 4.55. The molecule has 4 nitrogen and oxygen atoms in total. The molecule has 0 radical (unpaired) electrons. The van der Waals surface area contributed by atoms with Crippen LogP contribution in [-0.4, -0.2) is 20.1 Å². The summed E-state index contributed by atoms with van der Waals surface area (Å²) in [6.45, 7) is 0. The summed E-state index contributed by atoms with van der Waals surface area (Å²) in [5, 5.41) is 2.84. The number of hydrogen-bond donors (Lipinski definition) is 1. The van der Waals surface area contributed by atoms with Gasteiger partial charge in [0.1, 0.15) is 0 Å². The van der Waals surface area contributed by atoms with Crippen LogP contribution in [0.2, 0.25) is 0 Å². The van der Waals surface area contributed by atoms with E-state index in [1.54, 1.807) is 18.2 Å². The molecule has 0 aromatic heterocycles. The smallest absolute Gasteiger partial charge is 0.259 e. The van der Waals surface area contributed by atoms with Crippen molar-refractivity contribution in [3.05, 3.63) is 53.6 Å². The molecule has 0 bridgehead atoms. The zero-order valence-corrected chi connectivity index (χ0v) is 12.6. The number of rotatable bonds is 5. The summed E-state index contributed by atoms with van der Waals surface area (Å²) >= 11 is 5.87. The lowest BCUT2D eigenvalue weighted by Crippen LogP contribution is -2.14. The summed E-state index contributed by atoms with van der Waals surface area (Å²) in [5.74, 6) is 0.964. The molecule has 0 fully saturated rings. The molecule has 0 aliphatic rings. The van der Waals surface area contributed by atoms with Gasteiger partial charge in [-0.05, 0) is 23.8 Å². The van der Waals surface area contributed by atoms with Crippen molar-refractivity contribution in [3.8, 4) is 11.5 Å². The van der Waals surface area contributed by atoms with Crippen LogP contribution in [0.4, 0.5) is 5.69 Å². The van der Waals surface area contributed by atoms with E-state index in [1.807, 2.05) is 24.3 Å². The molecular weight excluding hydrogens is 290 g/mol. The Morgan fingerprint density at radius 2 is 1.86 bits per heavy atom. The Hall–Kier alpha value is -2.20. The van der Waals surface area contributed by atoms with Gasteiger partial charge in [-0.3, -0.25) is 4.79 Å². The van der Waals surface area contributed by atoms with Crippen LogP contribution >= 0.6 is 11.6 Å². The summed E-state index contributed by atoms with van der Waals surface area (Å²) in [6, 6.07) is 12.5. The molecule has 1 N–H and O–H groups in total. The van der Waals surface area contributed by atoms with Gasteiger partial charge in [0, 0.05) is 11.6 Å². The van der Waals surface area contributed by atoms with Crippen LogP contribution in [0.3, 0.4) is 0 Å². The Kier molecular flexibility index (Phi) is 5.06. The summed E-state index contributed by atoms with van der Waals surface area (Å²) < 4.78 is 10.5. The predicted octanol–water partition coefficient (Wildman–Crippen LogP) is 3.69. The third-order valence-corrected chi connectivity index (χ3v) is 3.35. The fraction of sp³-hybridized carbons (Fsp3) is 0.188. The Morgan fingerprint density at radius 1 is 1.10 bits per heavy atom. The molecule has 0 saturated carbocycles. The van der Waals surface area contributed by atoms with E-state index in [-0.39, 0.29) is 5.91 Å². The first-order valence-electron chi connectivity index (χ1n) is 6.37. The third-order valence-electron chi connectivity index (χ3n) is 3.06. The molecule has 0 spiro atoms. The van der Waals surface area contributed by atoms with E-state index >= 15 is 0 Å². The van der Waals surface area contributed by atoms with Gasteiger partial charge in [0.15, 0.2) is 11.5 Å². The van der Waals surface area contributed by atoms with Gasteiger partial charge in [-0.1, -0.05) is 24.3 Å². The Morgan fingerprint density at radius 3 is 2.52 bits per heavy atom. The zero-order chi connectivity index (χ0) is 15.2. The number of anilines is 1. The maximum atomic E-state index is 12.4. The fourth-order valence-corrected chi connectivity index (χ4v) is 2.25. The minimum absolute atomic E-state index is 0.275. The first-order chi connectivity index (χ1) is 10.2. The minimum Gasteiger partial charge on any atom is -0.493 e. The van der Waals surface area contributed by atoms with E-state index in [0.717, 1.165) is 5.56 Å². The third kappa shape index (κ3) is 3.28. The monoisotopic (exact) mass is 305 g/mol. The van der Waals surface area contributed by atoms with Crippen molar-refractivity contribution in [1.82, 2.24) is 0 Å². The second-order valence-electron chi connectivity index (χ2n) is 4.29. The highest BCUT2D eigenvalue weighted by molar-refractivity contribution is 6.17. The van der Waals surface area contributed by atoms with Gasteiger partial charge in [-0.15, -0.1) is 11.6 Å². The topological polar surface area (TPSA) is 47.6 Å². The number of methoxy groups -OCH3 is 2.